The van der Waals surface area contributed by atoms with Gasteiger partial charge in [-0.3, -0.25) is 19.2 Å². The van der Waals surface area contributed by atoms with Crippen LogP contribution in [0.2, 0.25) is 0 Å². The highest BCUT2D eigenvalue weighted by atomic mass is 32.1. The molecule has 3 unspecified atom stereocenters. The first-order chi connectivity index (χ1) is 12.7. The lowest BCUT2D eigenvalue weighted by molar-refractivity contribution is -0.142. The number of hydrogen-bond acceptors (Lipinski definition) is 7. The second-order valence-electron chi connectivity index (χ2n) is 6.09. The van der Waals surface area contributed by atoms with Gasteiger partial charge in [-0.2, -0.15) is 12.6 Å². The van der Waals surface area contributed by atoms with E-state index in [4.69, 9.17) is 15.9 Å². The Hall–Kier alpha value is -2.34. The van der Waals surface area contributed by atoms with Crippen LogP contribution in [0.25, 0.3) is 0 Å². The van der Waals surface area contributed by atoms with Crippen molar-refractivity contribution >= 4 is 42.3 Å². The second-order valence-corrected chi connectivity index (χ2v) is 6.45. The Morgan fingerprint density at radius 1 is 1.22 bits per heavy atom. The topological polar surface area (TPSA) is 179 Å². The number of nitrogens with one attached hydrogen (secondary N) is 2. The van der Waals surface area contributed by atoms with E-state index in [9.17, 15) is 24.0 Å². The van der Waals surface area contributed by atoms with E-state index >= 15 is 0 Å². The number of hydrogen-bond donors (Lipinski definition) is 6. The molecule has 1 aliphatic rings. The van der Waals surface area contributed by atoms with Crippen LogP contribution in [-0.2, 0) is 24.0 Å². The van der Waals surface area contributed by atoms with Crippen molar-refractivity contribution in [1.29, 1.82) is 0 Å². The SMILES string of the molecule is NC(CCC(=O)O)C(=O)N1CCCC1C(=O)NCC(=O)NC(CS)C(=O)O. The third-order valence-corrected chi connectivity index (χ3v) is 4.43. The summed E-state index contributed by atoms with van der Waals surface area (Å²) in [4.78, 5) is 59.1. The number of carbonyl (C=O) groups is 5. The molecule has 0 radical (unpaired) electrons. The Morgan fingerprint density at radius 3 is 2.44 bits per heavy atom. The van der Waals surface area contributed by atoms with E-state index in [0.717, 1.165) is 0 Å². The predicted octanol–water partition coefficient (Wildman–Crippen LogP) is -2.22. The molecule has 1 aliphatic heterocycles. The number of nitrogens with two attached hydrogens (primary N) is 1. The number of rotatable bonds is 10. The van der Waals surface area contributed by atoms with Crippen LogP contribution in [0.1, 0.15) is 25.7 Å². The highest BCUT2D eigenvalue weighted by Crippen LogP contribution is 2.19. The van der Waals surface area contributed by atoms with Gasteiger partial charge in [0.15, 0.2) is 0 Å². The maximum Gasteiger partial charge on any atom is 0.327 e. The third kappa shape index (κ3) is 7.06. The molecule has 0 aromatic heterocycles. The minimum atomic E-state index is -1.24. The van der Waals surface area contributed by atoms with Crippen molar-refractivity contribution in [2.45, 2.75) is 43.8 Å². The van der Waals surface area contributed by atoms with Crippen molar-refractivity contribution in [3.63, 3.8) is 0 Å². The molecule has 27 heavy (non-hydrogen) atoms. The molecule has 1 saturated heterocycles. The lowest BCUT2D eigenvalue weighted by Gasteiger charge is -2.26. The number of carboxylic acid groups (broad SMARTS) is 2. The molecular weight excluding hydrogens is 380 g/mol. The second kappa shape index (κ2) is 10.7. The summed E-state index contributed by atoms with van der Waals surface area (Å²) in [5.74, 6) is -4.18. The van der Waals surface area contributed by atoms with Gasteiger partial charge in [0.25, 0.3) is 0 Å². The van der Waals surface area contributed by atoms with Crippen molar-refractivity contribution < 1.29 is 34.2 Å². The maximum absolute atomic E-state index is 12.3. The Bertz CT molecular complexity index is 601. The van der Waals surface area contributed by atoms with Gasteiger partial charge in [0.2, 0.25) is 17.7 Å². The van der Waals surface area contributed by atoms with E-state index in [1.807, 2.05) is 0 Å². The molecule has 3 atom stereocenters. The molecule has 1 heterocycles. The Morgan fingerprint density at radius 2 is 1.89 bits per heavy atom. The van der Waals surface area contributed by atoms with Crippen LogP contribution < -0.4 is 16.4 Å². The predicted molar refractivity (Wildman–Crippen MR) is 96.0 cm³/mol. The summed E-state index contributed by atoms with van der Waals surface area (Å²) in [7, 11) is 0. The molecule has 0 aromatic carbocycles. The van der Waals surface area contributed by atoms with E-state index in [-0.39, 0.29) is 18.6 Å². The fourth-order valence-corrected chi connectivity index (χ4v) is 2.88. The smallest absolute Gasteiger partial charge is 0.327 e. The standard InChI is InChI=1S/C15H24N4O7S/c16-8(3-4-12(21)22)14(24)19-5-1-2-10(19)13(23)17-6-11(20)18-9(7-27)15(25)26/h8-10,27H,1-7,16H2,(H,17,23)(H,18,20)(H,21,22)(H,25,26). The molecule has 1 fully saturated rings. The number of aliphatic carboxylic acids is 2. The van der Waals surface area contributed by atoms with E-state index in [0.29, 0.717) is 19.4 Å². The maximum atomic E-state index is 12.3. The first-order valence-electron chi connectivity index (χ1n) is 8.36. The molecule has 3 amide bonds. The van der Waals surface area contributed by atoms with Crippen molar-refractivity contribution in [1.82, 2.24) is 15.5 Å². The summed E-state index contributed by atoms with van der Waals surface area (Å²) in [5, 5.41) is 22.1. The summed E-state index contributed by atoms with van der Waals surface area (Å²) in [6, 6.07) is -3.00. The minimum Gasteiger partial charge on any atom is -0.481 e. The van der Waals surface area contributed by atoms with Crippen LogP contribution in [-0.4, -0.2) is 81.7 Å². The average molecular weight is 404 g/mol. The van der Waals surface area contributed by atoms with E-state index in [2.05, 4.69) is 23.3 Å². The van der Waals surface area contributed by atoms with E-state index in [1.54, 1.807) is 0 Å². The van der Waals surface area contributed by atoms with Crippen molar-refractivity contribution in [3.8, 4) is 0 Å². The van der Waals surface area contributed by atoms with E-state index < -0.39 is 54.3 Å². The molecule has 0 aromatic rings. The number of thiol groups is 1. The van der Waals surface area contributed by atoms with Gasteiger partial charge in [0, 0.05) is 18.7 Å². The van der Waals surface area contributed by atoms with Crippen LogP contribution in [0.5, 0.6) is 0 Å². The number of nitrogens with zero attached hydrogens (tertiary/aromatic N) is 1. The van der Waals surface area contributed by atoms with Gasteiger partial charge >= 0.3 is 11.9 Å². The summed E-state index contributed by atoms with van der Waals surface area (Å²) in [6.45, 7) is -0.134. The van der Waals surface area contributed by atoms with Crippen molar-refractivity contribution in [2.24, 2.45) is 5.73 Å². The van der Waals surface area contributed by atoms with Gasteiger partial charge in [-0.25, -0.2) is 4.79 Å². The molecule has 0 bridgehead atoms. The Balaban J connectivity index is 2.55. The largest absolute Gasteiger partial charge is 0.481 e. The van der Waals surface area contributed by atoms with Crippen LogP contribution in [0.15, 0.2) is 0 Å². The number of likely N-dealkylation sites (tertiary alicyclic amines) is 1. The lowest BCUT2D eigenvalue weighted by Crippen LogP contribution is -2.53. The van der Waals surface area contributed by atoms with Crippen LogP contribution >= 0.6 is 12.6 Å². The molecule has 12 heteroatoms. The monoisotopic (exact) mass is 404 g/mol. The van der Waals surface area contributed by atoms with Gasteiger partial charge in [-0.05, 0) is 19.3 Å². The Kier molecular flexibility index (Phi) is 9.02. The average Bonchev–Trinajstić information content (AvgIpc) is 3.10. The number of carbonyl (C=O) groups excluding carboxylic acids is 3. The van der Waals surface area contributed by atoms with Gasteiger partial charge in [-0.15, -0.1) is 0 Å². The third-order valence-electron chi connectivity index (χ3n) is 4.06. The molecule has 11 nitrogen and oxygen atoms in total. The summed E-state index contributed by atoms with van der Waals surface area (Å²) < 4.78 is 0. The first-order valence-corrected chi connectivity index (χ1v) is 8.99. The van der Waals surface area contributed by atoms with Gasteiger partial charge in [0.1, 0.15) is 12.1 Å². The summed E-state index contributed by atoms with van der Waals surface area (Å²) in [5.41, 5.74) is 5.72. The molecule has 1 rings (SSSR count). The van der Waals surface area contributed by atoms with Crippen LogP contribution in [0.4, 0.5) is 0 Å². The fraction of sp³-hybridized carbons (Fsp3) is 0.667. The molecular formula is C15H24N4O7S. The van der Waals surface area contributed by atoms with Gasteiger partial charge in [0.05, 0.1) is 12.6 Å². The van der Waals surface area contributed by atoms with Crippen LogP contribution in [0, 0.1) is 0 Å². The summed E-state index contributed by atoms with van der Waals surface area (Å²) >= 11 is 3.82. The van der Waals surface area contributed by atoms with Gasteiger partial charge in [-0.1, -0.05) is 0 Å². The molecule has 152 valence electrons. The van der Waals surface area contributed by atoms with Crippen LogP contribution in [0.3, 0.4) is 0 Å². The molecule has 0 saturated carbocycles. The molecule has 0 spiro atoms. The number of amides is 3. The minimum absolute atomic E-state index is 0.0400. The quantitative estimate of drug-likeness (QED) is 0.222. The Labute approximate surface area is 161 Å². The van der Waals surface area contributed by atoms with E-state index in [1.165, 1.54) is 4.90 Å². The summed E-state index contributed by atoms with van der Waals surface area (Å²) in [6.07, 6.45) is 0.664. The van der Waals surface area contributed by atoms with Gasteiger partial charge < -0.3 is 31.5 Å². The van der Waals surface area contributed by atoms with Crippen molar-refractivity contribution in [3.05, 3.63) is 0 Å². The normalized spacial score (nSPS) is 18.4. The zero-order valence-corrected chi connectivity index (χ0v) is 15.5. The zero-order valence-electron chi connectivity index (χ0n) is 14.6. The first kappa shape index (κ1) is 22.7. The molecule has 0 aliphatic carbocycles. The number of carboxylic acids is 2. The highest BCUT2D eigenvalue weighted by Gasteiger charge is 2.36. The van der Waals surface area contributed by atoms with Crippen molar-refractivity contribution in [2.75, 3.05) is 18.8 Å². The lowest BCUT2D eigenvalue weighted by atomic mass is 10.1. The highest BCUT2D eigenvalue weighted by molar-refractivity contribution is 7.80. The fourth-order valence-electron chi connectivity index (χ4n) is 2.63. The molecule has 6 N–H and O–H groups in total. The zero-order chi connectivity index (χ0) is 20.6.